The van der Waals surface area contributed by atoms with Crippen LogP contribution in [0.15, 0.2) is 60.7 Å². The average molecular weight is 444 g/mol. The quantitative estimate of drug-likeness (QED) is 0.472. The molecule has 0 unspecified atom stereocenters. The molecular formula is C23H17Cl3N2O. The van der Waals surface area contributed by atoms with Gasteiger partial charge in [0.15, 0.2) is 0 Å². The molecule has 3 aromatic rings. The number of nitriles is 1. The van der Waals surface area contributed by atoms with Gasteiger partial charge in [-0.2, -0.15) is 5.26 Å². The maximum atomic E-state index is 12.4. The summed E-state index contributed by atoms with van der Waals surface area (Å²) in [6.07, 6.45) is 0.224. The van der Waals surface area contributed by atoms with Gasteiger partial charge in [0.1, 0.15) is 0 Å². The van der Waals surface area contributed by atoms with Gasteiger partial charge in [0.05, 0.1) is 18.4 Å². The molecule has 3 nitrogen and oxygen atoms in total. The molecule has 0 saturated carbocycles. The Bertz CT molecular complexity index is 1070. The maximum absolute atomic E-state index is 12.4. The predicted molar refractivity (Wildman–Crippen MR) is 119 cm³/mol. The van der Waals surface area contributed by atoms with Crippen molar-refractivity contribution in [1.82, 2.24) is 0 Å². The average Bonchev–Trinajstić information content (AvgIpc) is 2.69. The number of hydrogen-bond donors (Lipinski definition) is 1. The molecule has 3 rings (SSSR count). The first-order valence-corrected chi connectivity index (χ1v) is 10.00. The smallest absolute Gasteiger partial charge is 0.228 e. The van der Waals surface area contributed by atoms with Crippen molar-refractivity contribution in [3.8, 4) is 6.07 Å². The van der Waals surface area contributed by atoms with Crippen molar-refractivity contribution >= 4 is 46.4 Å². The summed E-state index contributed by atoms with van der Waals surface area (Å²) in [6.45, 7) is 1.87. The van der Waals surface area contributed by atoms with E-state index in [1.165, 1.54) is 0 Å². The number of carbonyl (C=O) groups is 1. The number of nitrogens with zero attached hydrogens (tertiary/aromatic N) is 1. The zero-order chi connectivity index (χ0) is 21.0. The van der Waals surface area contributed by atoms with E-state index < -0.39 is 5.92 Å². The molecule has 3 aromatic carbocycles. The highest BCUT2D eigenvalue weighted by molar-refractivity contribution is 6.32. The third-order valence-corrected chi connectivity index (χ3v) is 5.37. The fourth-order valence-electron chi connectivity index (χ4n) is 3.02. The monoisotopic (exact) mass is 442 g/mol. The number of hydrogen-bond acceptors (Lipinski definition) is 2. The number of carbonyl (C=O) groups excluding carboxylic acids is 1. The highest BCUT2D eigenvalue weighted by atomic mass is 35.5. The van der Waals surface area contributed by atoms with Gasteiger partial charge in [-0.25, -0.2) is 0 Å². The molecule has 0 fully saturated rings. The zero-order valence-electron chi connectivity index (χ0n) is 15.5. The normalized spacial score (nSPS) is 11.6. The third kappa shape index (κ3) is 5.31. The van der Waals surface area contributed by atoms with Gasteiger partial charge in [0.2, 0.25) is 5.91 Å². The summed E-state index contributed by atoms with van der Waals surface area (Å²) in [5.74, 6) is -0.689. The lowest BCUT2D eigenvalue weighted by Crippen LogP contribution is -2.15. The summed E-state index contributed by atoms with van der Waals surface area (Å²) >= 11 is 18.3. The Balaban J connectivity index is 1.81. The summed E-state index contributed by atoms with van der Waals surface area (Å²) in [4.78, 5) is 12.4. The van der Waals surface area contributed by atoms with Crippen LogP contribution in [0.5, 0.6) is 0 Å². The van der Waals surface area contributed by atoms with Crippen LogP contribution in [-0.2, 0) is 11.2 Å². The maximum Gasteiger partial charge on any atom is 0.228 e. The minimum atomic E-state index is -0.530. The number of aryl methyl sites for hydroxylation is 1. The molecule has 0 heterocycles. The van der Waals surface area contributed by atoms with E-state index in [9.17, 15) is 10.1 Å². The molecule has 0 radical (unpaired) electrons. The van der Waals surface area contributed by atoms with E-state index in [2.05, 4.69) is 11.4 Å². The van der Waals surface area contributed by atoms with E-state index in [-0.39, 0.29) is 12.3 Å². The molecule has 0 saturated heterocycles. The lowest BCUT2D eigenvalue weighted by atomic mass is 9.91. The fourth-order valence-corrected chi connectivity index (χ4v) is 3.55. The Labute approximate surface area is 184 Å². The zero-order valence-corrected chi connectivity index (χ0v) is 17.8. The van der Waals surface area contributed by atoms with Gasteiger partial charge in [0.25, 0.3) is 0 Å². The largest absolute Gasteiger partial charge is 0.326 e. The highest BCUT2D eigenvalue weighted by Gasteiger charge is 2.19. The first-order valence-electron chi connectivity index (χ1n) is 8.87. The number of benzene rings is 3. The molecule has 1 amide bonds. The van der Waals surface area contributed by atoms with Crippen molar-refractivity contribution in [1.29, 1.82) is 5.26 Å². The van der Waals surface area contributed by atoms with Crippen LogP contribution in [0.1, 0.15) is 28.2 Å². The molecule has 146 valence electrons. The SMILES string of the molecule is Cc1cc([C@@H](C#N)c2ccc(Cl)cc2)c(Cl)cc1NC(=O)Cc1ccc(Cl)cc1. The molecule has 29 heavy (non-hydrogen) atoms. The summed E-state index contributed by atoms with van der Waals surface area (Å²) < 4.78 is 0. The summed E-state index contributed by atoms with van der Waals surface area (Å²) in [7, 11) is 0. The van der Waals surface area contributed by atoms with Crippen molar-refractivity contribution in [2.24, 2.45) is 0 Å². The fraction of sp³-hybridized carbons (Fsp3) is 0.130. The predicted octanol–water partition coefficient (Wildman–Crippen LogP) is 6.79. The van der Waals surface area contributed by atoms with Crippen LogP contribution < -0.4 is 5.32 Å². The molecule has 0 bridgehead atoms. The van der Waals surface area contributed by atoms with Gasteiger partial charge in [-0.3, -0.25) is 4.79 Å². The lowest BCUT2D eigenvalue weighted by Gasteiger charge is -2.16. The Morgan fingerprint density at radius 2 is 1.59 bits per heavy atom. The van der Waals surface area contributed by atoms with Gasteiger partial charge in [-0.1, -0.05) is 65.1 Å². The van der Waals surface area contributed by atoms with Crippen molar-refractivity contribution in [2.45, 2.75) is 19.3 Å². The number of halogens is 3. The first-order chi connectivity index (χ1) is 13.9. The van der Waals surface area contributed by atoms with Crippen LogP contribution in [0.3, 0.4) is 0 Å². The second kappa shape index (κ2) is 9.33. The summed E-state index contributed by atoms with van der Waals surface area (Å²) in [6, 6.07) is 20.0. The van der Waals surface area contributed by atoms with E-state index in [0.29, 0.717) is 26.3 Å². The van der Waals surface area contributed by atoms with Crippen molar-refractivity contribution in [2.75, 3.05) is 5.32 Å². The Morgan fingerprint density at radius 3 is 2.17 bits per heavy atom. The molecule has 0 aliphatic rings. The molecule has 0 aliphatic heterocycles. The van der Waals surface area contributed by atoms with Crippen LogP contribution >= 0.6 is 34.8 Å². The molecule has 0 aromatic heterocycles. The Kier molecular flexibility index (Phi) is 6.82. The van der Waals surface area contributed by atoms with Crippen molar-refractivity contribution in [3.63, 3.8) is 0 Å². The van der Waals surface area contributed by atoms with Crippen LogP contribution in [0.25, 0.3) is 0 Å². The van der Waals surface area contributed by atoms with Gasteiger partial charge < -0.3 is 5.32 Å². The molecule has 1 N–H and O–H groups in total. The second-order valence-electron chi connectivity index (χ2n) is 6.65. The topological polar surface area (TPSA) is 52.9 Å². The second-order valence-corrected chi connectivity index (χ2v) is 7.93. The summed E-state index contributed by atoms with van der Waals surface area (Å²) in [5.41, 5.74) is 3.79. The minimum absolute atomic E-state index is 0.159. The van der Waals surface area contributed by atoms with Gasteiger partial charge >= 0.3 is 0 Å². The van der Waals surface area contributed by atoms with Crippen molar-refractivity contribution < 1.29 is 4.79 Å². The van der Waals surface area contributed by atoms with E-state index >= 15 is 0 Å². The van der Waals surface area contributed by atoms with Gasteiger partial charge in [-0.15, -0.1) is 0 Å². The summed E-state index contributed by atoms with van der Waals surface area (Å²) in [5, 5.41) is 14.2. The van der Waals surface area contributed by atoms with Gasteiger partial charge in [-0.05, 0) is 59.5 Å². The Hall–Kier alpha value is -2.51. The van der Waals surface area contributed by atoms with Crippen LogP contribution in [0, 0.1) is 18.3 Å². The molecule has 0 spiro atoms. The number of nitrogens with one attached hydrogen (secondary N) is 1. The number of amides is 1. The molecule has 6 heteroatoms. The molecule has 0 aliphatic carbocycles. The van der Waals surface area contributed by atoms with E-state index in [1.54, 1.807) is 30.3 Å². The lowest BCUT2D eigenvalue weighted by molar-refractivity contribution is -0.115. The standard InChI is InChI=1S/C23H17Cl3N2O/c1-14-10-19(20(13-27)16-4-8-18(25)9-5-16)21(26)12-22(14)28-23(29)11-15-2-6-17(24)7-3-15/h2-10,12,20H,11H2,1H3,(H,28,29)/t20-/m0/s1. The van der Waals surface area contributed by atoms with E-state index in [4.69, 9.17) is 34.8 Å². The van der Waals surface area contributed by atoms with Crippen LogP contribution in [0.4, 0.5) is 5.69 Å². The van der Waals surface area contributed by atoms with Crippen LogP contribution in [0.2, 0.25) is 15.1 Å². The Morgan fingerprint density at radius 1 is 1.00 bits per heavy atom. The molecule has 1 atom stereocenters. The minimum Gasteiger partial charge on any atom is -0.326 e. The molecular weight excluding hydrogens is 427 g/mol. The van der Waals surface area contributed by atoms with Gasteiger partial charge in [0, 0.05) is 20.8 Å². The van der Waals surface area contributed by atoms with E-state index in [0.717, 1.165) is 16.7 Å². The third-order valence-electron chi connectivity index (χ3n) is 4.54. The van der Waals surface area contributed by atoms with Crippen molar-refractivity contribution in [3.05, 3.63) is 98.0 Å². The number of anilines is 1. The first kappa shape index (κ1) is 21.2. The van der Waals surface area contributed by atoms with E-state index in [1.807, 2.05) is 37.3 Å². The van der Waals surface area contributed by atoms with Crippen LogP contribution in [-0.4, -0.2) is 5.91 Å². The highest BCUT2D eigenvalue weighted by Crippen LogP contribution is 2.34. The number of rotatable bonds is 5.